The lowest BCUT2D eigenvalue weighted by Crippen LogP contribution is -2.30. The van der Waals surface area contributed by atoms with E-state index in [9.17, 15) is 15.0 Å². The number of hydrogen-bond acceptors (Lipinski definition) is 4. The molecule has 2 heterocycles. The van der Waals surface area contributed by atoms with Crippen LogP contribution < -0.4 is 5.32 Å². The van der Waals surface area contributed by atoms with Gasteiger partial charge in [-0.25, -0.2) is 0 Å². The fourth-order valence-electron chi connectivity index (χ4n) is 4.71. The van der Waals surface area contributed by atoms with Gasteiger partial charge in [0.1, 0.15) is 5.75 Å². The van der Waals surface area contributed by atoms with Gasteiger partial charge in [0.25, 0.3) is 5.91 Å². The number of ether oxygens (including phenoxy) is 1. The van der Waals surface area contributed by atoms with Crippen molar-refractivity contribution < 1.29 is 19.7 Å². The first-order valence-electron chi connectivity index (χ1n) is 10.9. The topological polar surface area (TPSA) is 83.7 Å². The van der Waals surface area contributed by atoms with Gasteiger partial charge >= 0.3 is 0 Å². The SMILES string of the molecule is O=C(NCC1CCCCCC1)c1cn(CCC2(O)CCOC2)c2cccc(O)c12. The maximum absolute atomic E-state index is 13.0. The van der Waals surface area contributed by atoms with Gasteiger partial charge in [-0.2, -0.15) is 0 Å². The van der Waals surface area contributed by atoms with E-state index in [1.54, 1.807) is 12.1 Å². The number of benzene rings is 1. The van der Waals surface area contributed by atoms with Crippen molar-refractivity contribution in [1.29, 1.82) is 0 Å². The molecule has 6 nitrogen and oxygen atoms in total. The molecule has 2 aromatic rings. The molecule has 1 atom stereocenters. The first-order valence-corrected chi connectivity index (χ1v) is 10.9. The molecule has 0 bridgehead atoms. The second-order valence-electron chi connectivity index (χ2n) is 8.75. The molecule has 1 aliphatic heterocycles. The normalized spacial score (nSPS) is 23.3. The van der Waals surface area contributed by atoms with Crippen LogP contribution in [-0.2, 0) is 11.3 Å². The van der Waals surface area contributed by atoms with Crippen molar-refractivity contribution in [3.8, 4) is 5.75 Å². The van der Waals surface area contributed by atoms with Crippen LogP contribution in [0.25, 0.3) is 10.9 Å². The maximum atomic E-state index is 13.0. The van der Waals surface area contributed by atoms with Crippen LogP contribution in [0.3, 0.4) is 0 Å². The van der Waals surface area contributed by atoms with Crippen molar-refractivity contribution in [1.82, 2.24) is 9.88 Å². The summed E-state index contributed by atoms with van der Waals surface area (Å²) in [6, 6.07) is 5.31. The van der Waals surface area contributed by atoms with E-state index in [1.807, 2.05) is 16.8 Å². The molecule has 0 radical (unpaired) electrons. The van der Waals surface area contributed by atoms with Crippen molar-refractivity contribution in [3.05, 3.63) is 30.0 Å². The number of aryl methyl sites for hydroxylation is 1. The second kappa shape index (κ2) is 8.76. The van der Waals surface area contributed by atoms with E-state index >= 15 is 0 Å². The molecule has 1 amide bonds. The largest absolute Gasteiger partial charge is 0.507 e. The summed E-state index contributed by atoms with van der Waals surface area (Å²) in [5, 5.41) is 24.7. The number of phenols is 1. The molecule has 1 unspecified atom stereocenters. The Morgan fingerprint density at radius 3 is 2.76 bits per heavy atom. The van der Waals surface area contributed by atoms with Gasteiger partial charge in [-0.3, -0.25) is 4.79 Å². The zero-order valence-corrected chi connectivity index (χ0v) is 17.0. The van der Waals surface area contributed by atoms with Crippen LogP contribution in [0.15, 0.2) is 24.4 Å². The lowest BCUT2D eigenvalue weighted by Gasteiger charge is -2.20. The zero-order valence-electron chi connectivity index (χ0n) is 17.0. The summed E-state index contributed by atoms with van der Waals surface area (Å²) >= 11 is 0. The Morgan fingerprint density at radius 1 is 1.24 bits per heavy atom. The summed E-state index contributed by atoms with van der Waals surface area (Å²) in [6.45, 7) is 2.19. The fourth-order valence-corrected chi connectivity index (χ4v) is 4.71. The Labute approximate surface area is 171 Å². The van der Waals surface area contributed by atoms with E-state index in [1.165, 1.54) is 38.5 Å². The third kappa shape index (κ3) is 4.59. The number of fused-ring (bicyclic) bond motifs is 1. The summed E-state index contributed by atoms with van der Waals surface area (Å²) in [5.74, 6) is 0.520. The quantitative estimate of drug-likeness (QED) is 0.647. The molecule has 1 aliphatic carbocycles. The van der Waals surface area contributed by atoms with Gasteiger partial charge in [0.15, 0.2) is 0 Å². The number of carbonyl (C=O) groups excluding carboxylic acids is 1. The number of carbonyl (C=O) groups is 1. The molecule has 2 aliphatic rings. The molecule has 2 fully saturated rings. The average Bonchev–Trinajstić information content (AvgIpc) is 3.21. The highest BCUT2D eigenvalue weighted by atomic mass is 16.5. The standard InChI is InChI=1S/C23H32N2O4/c26-20-9-5-8-19-21(20)18(15-25(19)12-10-23(28)11-13-29-16-23)22(27)24-14-17-6-3-1-2-4-7-17/h5,8-9,15,17,26,28H,1-4,6-7,10-14,16H2,(H,24,27). The number of amides is 1. The number of hydrogen-bond donors (Lipinski definition) is 3. The lowest BCUT2D eigenvalue weighted by molar-refractivity contribution is 0.0160. The van der Waals surface area contributed by atoms with Crippen LogP contribution >= 0.6 is 0 Å². The molecule has 6 heteroatoms. The zero-order chi connectivity index (χ0) is 20.3. The lowest BCUT2D eigenvalue weighted by atomic mass is 9.99. The fraction of sp³-hybridized carbons (Fsp3) is 0.609. The molecular formula is C23H32N2O4. The van der Waals surface area contributed by atoms with Gasteiger partial charge in [-0.05, 0) is 37.3 Å². The van der Waals surface area contributed by atoms with Crippen LogP contribution in [0, 0.1) is 5.92 Å². The van der Waals surface area contributed by atoms with Crippen molar-refractivity contribution in [3.63, 3.8) is 0 Å². The number of aromatic nitrogens is 1. The van der Waals surface area contributed by atoms with Crippen molar-refractivity contribution in [2.45, 2.75) is 63.5 Å². The molecule has 29 heavy (non-hydrogen) atoms. The minimum atomic E-state index is -0.810. The van der Waals surface area contributed by atoms with E-state index in [0.29, 0.717) is 56.0 Å². The van der Waals surface area contributed by atoms with Crippen LogP contribution in [0.1, 0.15) is 61.7 Å². The van der Waals surface area contributed by atoms with E-state index < -0.39 is 5.60 Å². The van der Waals surface area contributed by atoms with E-state index in [-0.39, 0.29) is 11.7 Å². The van der Waals surface area contributed by atoms with E-state index in [2.05, 4.69) is 5.32 Å². The number of phenolic OH excluding ortho intramolecular Hbond substituents is 1. The summed E-state index contributed by atoms with van der Waals surface area (Å²) in [5.41, 5.74) is 0.503. The summed E-state index contributed by atoms with van der Waals surface area (Å²) in [4.78, 5) is 13.0. The number of nitrogens with one attached hydrogen (secondary N) is 1. The summed E-state index contributed by atoms with van der Waals surface area (Å²) in [7, 11) is 0. The Bertz CT molecular complexity index is 846. The van der Waals surface area contributed by atoms with E-state index in [4.69, 9.17) is 4.74 Å². The highest BCUT2D eigenvalue weighted by Gasteiger charge is 2.32. The molecular weight excluding hydrogens is 368 g/mol. The monoisotopic (exact) mass is 400 g/mol. The average molecular weight is 401 g/mol. The highest BCUT2D eigenvalue weighted by Crippen LogP contribution is 2.31. The van der Waals surface area contributed by atoms with Crippen molar-refractivity contribution >= 4 is 16.8 Å². The third-order valence-corrected chi connectivity index (χ3v) is 6.56. The number of nitrogens with zero attached hydrogens (tertiary/aromatic N) is 1. The van der Waals surface area contributed by atoms with Gasteiger partial charge in [-0.15, -0.1) is 0 Å². The van der Waals surface area contributed by atoms with Crippen molar-refractivity contribution in [2.24, 2.45) is 5.92 Å². The Morgan fingerprint density at radius 2 is 2.03 bits per heavy atom. The predicted octanol–water partition coefficient (Wildman–Crippen LogP) is 3.59. The minimum absolute atomic E-state index is 0.115. The van der Waals surface area contributed by atoms with E-state index in [0.717, 1.165) is 5.52 Å². The third-order valence-electron chi connectivity index (χ3n) is 6.56. The first kappa shape index (κ1) is 20.2. The highest BCUT2D eigenvalue weighted by molar-refractivity contribution is 6.09. The molecule has 0 spiro atoms. The van der Waals surface area contributed by atoms with Gasteiger partial charge in [-0.1, -0.05) is 31.7 Å². The van der Waals surface area contributed by atoms with Crippen LogP contribution in [0.2, 0.25) is 0 Å². The number of rotatable bonds is 6. The molecule has 4 rings (SSSR count). The van der Waals surface area contributed by atoms with Gasteiger partial charge in [0.05, 0.1) is 28.7 Å². The molecule has 1 saturated carbocycles. The van der Waals surface area contributed by atoms with Gasteiger partial charge in [0.2, 0.25) is 0 Å². The predicted molar refractivity (Wildman–Crippen MR) is 112 cm³/mol. The first-order chi connectivity index (χ1) is 14.1. The maximum Gasteiger partial charge on any atom is 0.253 e. The molecule has 1 saturated heterocycles. The smallest absolute Gasteiger partial charge is 0.253 e. The molecule has 158 valence electrons. The van der Waals surface area contributed by atoms with Crippen molar-refractivity contribution in [2.75, 3.05) is 19.8 Å². The Kier molecular flexibility index (Phi) is 6.11. The van der Waals surface area contributed by atoms with Crippen LogP contribution in [-0.4, -0.2) is 46.0 Å². The second-order valence-corrected chi connectivity index (χ2v) is 8.75. The molecule has 3 N–H and O–H groups in total. The summed E-state index contributed by atoms with van der Waals surface area (Å²) in [6.07, 6.45) is 10.4. The number of aromatic hydroxyl groups is 1. The van der Waals surface area contributed by atoms with Gasteiger partial charge in [0, 0.05) is 32.3 Å². The van der Waals surface area contributed by atoms with Crippen LogP contribution in [0.5, 0.6) is 5.75 Å². The minimum Gasteiger partial charge on any atom is -0.507 e. The number of aliphatic hydroxyl groups is 1. The Hall–Kier alpha value is -2.05. The summed E-state index contributed by atoms with van der Waals surface area (Å²) < 4.78 is 7.30. The van der Waals surface area contributed by atoms with Crippen LogP contribution in [0.4, 0.5) is 0 Å². The van der Waals surface area contributed by atoms with Gasteiger partial charge < -0.3 is 24.8 Å². The Balaban J connectivity index is 1.51. The molecule has 1 aromatic heterocycles. The molecule has 1 aromatic carbocycles.